The molecule has 2 aromatic carbocycles. The minimum Gasteiger partial charge on any atom is -0.350 e. The van der Waals surface area contributed by atoms with E-state index in [1.54, 1.807) is 11.0 Å². The predicted molar refractivity (Wildman–Crippen MR) is 98.5 cm³/mol. The molecule has 0 saturated carbocycles. The fourth-order valence-corrected chi connectivity index (χ4v) is 2.97. The SMILES string of the molecule is O=C(NCc1ccc(-n2cncn2)cc1)c1cc2ccc(Br)cc2[nH]1. The molecule has 0 atom stereocenters. The molecule has 0 spiro atoms. The predicted octanol–water partition coefficient (Wildman–Crippen LogP) is 3.44. The molecule has 2 aromatic heterocycles. The van der Waals surface area contributed by atoms with E-state index in [0.717, 1.165) is 26.6 Å². The summed E-state index contributed by atoms with van der Waals surface area (Å²) in [6.07, 6.45) is 3.14. The number of benzene rings is 2. The van der Waals surface area contributed by atoms with Crippen molar-refractivity contribution in [2.75, 3.05) is 0 Å². The molecule has 25 heavy (non-hydrogen) atoms. The summed E-state index contributed by atoms with van der Waals surface area (Å²) in [5, 5.41) is 8.02. The number of nitrogens with zero attached hydrogens (tertiary/aromatic N) is 3. The van der Waals surface area contributed by atoms with Gasteiger partial charge in [-0.3, -0.25) is 4.79 Å². The first-order valence-electron chi connectivity index (χ1n) is 7.69. The Morgan fingerprint density at radius 2 is 2.00 bits per heavy atom. The van der Waals surface area contributed by atoms with Crippen molar-refractivity contribution >= 4 is 32.7 Å². The number of aromatic nitrogens is 4. The highest BCUT2D eigenvalue weighted by molar-refractivity contribution is 9.10. The number of fused-ring (bicyclic) bond motifs is 1. The summed E-state index contributed by atoms with van der Waals surface area (Å²) in [6, 6.07) is 15.5. The Balaban J connectivity index is 1.44. The molecule has 0 radical (unpaired) electrons. The lowest BCUT2D eigenvalue weighted by molar-refractivity contribution is 0.0947. The average Bonchev–Trinajstić information content (AvgIpc) is 3.29. The maximum absolute atomic E-state index is 12.3. The number of nitrogens with one attached hydrogen (secondary N) is 2. The van der Waals surface area contributed by atoms with Gasteiger partial charge in [0, 0.05) is 21.9 Å². The van der Waals surface area contributed by atoms with Crippen LogP contribution in [0.3, 0.4) is 0 Å². The third kappa shape index (κ3) is 3.32. The molecule has 0 aliphatic rings. The van der Waals surface area contributed by atoms with Gasteiger partial charge < -0.3 is 10.3 Å². The first-order valence-corrected chi connectivity index (χ1v) is 8.49. The smallest absolute Gasteiger partial charge is 0.267 e. The summed E-state index contributed by atoms with van der Waals surface area (Å²) >= 11 is 3.43. The molecule has 0 aliphatic carbocycles. The van der Waals surface area contributed by atoms with Crippen LogP contribution in [-0.4, -0.2) is 25.7 Å². The number of hydrogen-bond acceptors (Lipinski definition) is 3. The highest BCUT2D eigenvalue weighted by atomic mass is 79.9. The number of carbonyl (C=O) groups excluding carboxylic acids is 1. The number of rotatable bonds is 4. The molecule has 4 aromatic rings. The summed E-state index contributed by atoms with van der Waals surface area (Å²) in [5.41, 5.74) is 3.41. The number of carbonyl (C=O) groups is 1. The second kappa shape index (κ2) is 6.52. The minimum atomic E-state index is -0.132. The maximum Gasteiger partial charge on any atom is 0.267 e. The van der Waals surface area contributed by atoms with Gasteiger partial charge in [-0.25, -0.2) is 9.67 Å². The zero-order valence-electron chi connectivity index (χ0n) is 13.1. The van der Waals surface area contributed by atoms with E-state index >= 15 is 0 Å². The normalized spacial score (nSPS) is 10.9. The van der Waals surface area contributed by atoms with Crippen LogP contribution in [-0.2, 0) is 6.54 Å². The Morgan fingerprint density at radius 1 is 1.16 bits per heavy atom. The fraction of sp³-hybridized carbons (Fsp3) is 0.0556. The number of hydrogen-bond donors (Lipinski definition) is 2. The molecule has 2 N–H and O–H groups in total. The van der Waals surface area contributed by atoms with Crippen LogP contribution in [0.2, 0.25) is 0 Å². The van der Waals surface area contributed by atoms with Crippen molar-refractivity contribution < 1.29 is 4.79 Å². The zero-order chi connectivity index (χ0) is 17.2. The van der Waals surface area contributed by atoms with Gasteiger partial charge in [0.2, 0.25) is 0 Å². The van der Waals surface area contributed by atoms with E-state index < -0.39 is 0 Å². The van der Waals surface area contributed by atoms with Crippen molar-refractivity contribution in [2.24, 2.45) is 0 Å². The molecule has 0 unspecified atom stereocenters. The van der Waals surface area contributed by atoms with Gasteiger partial charge >= 0.3 is 0 Å². The standard InChI is InChI=1S/C18H14BrN5O/c19-14-4-3-13-7-17(23-16(13)8-14)18(25)21-9-12-1-5-15(6-2-12)24-11-20-10-22-24/h1-8,10-11,23H,9H2,(H,21,25). The molecule has 0 saturated heterocycles. The molecular weight excluding hydrogens is 382 g/mol. The van der Waals surface area contributed by atoms with Gasteiger partial charge in [0.25, 0.3) is 5.91 Å². The Bertz CT molecular complexity index is 1020. The van der Waals surface area contributed by atoms with E-state index in [-0.39, 0.29) is 5.91 Å². The first kappa shape index (κ1) is 15.6. The monoisotopic (exact) mass is 395 g/mol. The highest BCUT2D eigenvalue weighted by Gasteiger charge is 2.09. The fourth-order valence-electron chi connectivity index (χ4n) is 2.61. The molecule has 2 heterocycles. The maximum atomic E-state index is 12.3. The van der Waals surface area contributed by atoms with Gasteiger partial charge in [0.05, 0.1) is 5.69 Å². The van der Waals surface area contributed by atoms with Gasteiger partial charge in [-0.1, -0.05) is 34.1 Å². The molecule has 6 nitrogen and oxygen atoms in total. The van der Waals surface area contributed by atoms with Crippen LogP contribution < -0.4 is 5.32 Å². The van der Waals surface area contributed by atoms with Crippen molar-refractivity contribution in [3.8, 4) is 5.69 Å². The van der Waals surface area contributed by atoms with Gasteiger partial charge in [-0.2, -0.15) is 5.10 Å². The summed E-state index contributed by atoms with van der Waals surface area (Å²) in [5.74, 6) is -0.132. The van der Waals surface area contributed by atoms with E-state index in [1.165, 1.54) is 6.33 Å². The summed E-state index contributed by atoms with van der Waals surface area (Å²) in [7, 11) is 0. The molecular formula is C18H14BrN5O. The summed E-state index contributed by atoms with van der Waals surface area (Å²) < 4.78 is 2.66. The van der Waals surface area contributed by atoms with E-state index in [2.05, 4.69) is 36.3 Å². The molecule has 7 heteroatoms. The van der Waals surface area contributed by atoms with Crippen molar-refractivity contribution in [3.05, 3.63) is 76.9 Å². The number of amides is 1. The van der Waals surface area contributed by atoms with Crippen LogP contribution in [0.15, 0.2) is 65.7 Å². The molecule has 4 rings (SSSR count). The van der Waals surface area contributed by atoms with Crippen molar-refractivity contribution in [3.63, 3.8) is 0 Å². The zero-order valence-corrected chi connectivity index (χ0v) is 14.7. The first-order chi connectivity index (χ1) is 12.2. The number of aromatic amines is 1. The Kier molecular flexibility index (Phi) is 4.07. The Labute approximate surface area is 152 Å². The van der Waals surface area contributed by atoms with E-state index in [0.29, 0.717) is 12.2 Å². The lowest BCUT2D eigenvalue weighted by Crippen LogP contribution is -2.23. The summed E-state index contributed by atoms with van der Waals surface area (Å²) in [4.78, 5) is 19.4. The number of H-pyrrole nitrogens is 1. The van der Waals surface area contributed by atoms with Gasteiger partial charge in [-0.15, -0.1) is 0 Å². The quantitative estimate of drug-likeness (QED) is 0.555. The topological polar surface area (TPSA) is 75.6 Å². The molecule has 0 fully saturated rings. The molecule has 0 bridgehead atoms. The van der Waals surface area contributed by atoms with Crippen molar-refractivity contribution in [1.29, 1.82) is 0 Å². The van der Waals surface area contributed by atoms with Crippen molar-refractivity contribution in [1.82, 2.24) is 25.1 Å². The van der Waals surface area contributed by atoms with E-state index in [4.69, 9.17) is 0 Å². The van der Waals surface area contributed by atoms with Crippen LogP contribution in [0.5, 0.6) is 0 Å². The van der Waals surface area contributed by atoms with Crippen LogP contribution in [0.25, 0.3) is 16.6 Å². The number of halogens is 1. The lowest BCUT2D eigenvalue weighted by atomic mass is 10.2. The van der Waals surface area contributed by atoms with Crippen molar-refractivity contribution in [2.45, 2.75) is 6.54 Å². The molecule has 1 amide bonds. The Hall–Kier alpha value is -2.93. The summed E-state index contributed by atoms with van der Waals surface area (Å²) in [6.45, 7) is 0.454. The largest absolute Gasteiger partial charge is 0.350 e. The van der Waals surface area contributed by atoms with Crippen LogP contribution in [0.1, 0.15) is 16.1 Å². The second-order valence-electron chi connectivity index (χ2n) is 5.60. The Morgan fingerprint density at radius 3 is 2.76 bits per heavy atom. The van der Waals surface area contributed by atoms with Crippen LogP contribution in [0, 0.1) is 0 Å². The van der Waals surface area contributed by atoms with Gasteiger partial charge in [-0.05, 0) is 35.9 Å². The average molecular weight is 396 g/mol. The molecule has 0 aliphatic heterocycles. The van der Waals surface area contributed by atoms with Gasteiger partial charge in [0.15, 0.2) is 0 Å². The van der Waals surface area contributed by atoms with E-state index in [9.17, 15) is 4.79 Å². The van der Waals surface area contributed by atoms with Crippen LogP contribution in [0.4, 0.5) is 0 Å². The lowest BCUT2D eigenvalue weighted by Gasteiger charge is -2.05. The molecule has 124 valence electrons. The third-order valence-electron chi connectivity index (χ3n) is 3.90. The minimum absolute atomic E-state index is 0.132. The highest BCUT2D eigenvalue weighted by Crippen LogP contribution is 2.20. The second-order valence-corrected chi connectivity index (χ2v) is 6.52. The van der Waals surface area contributed by atoms with Gasteiger partial charge in [0.1, 0.15) is 18.3 Å². The van der Waals surface area contributed by atoms with Crippen LogP contribution >= 0.6 is 15.9 Å². The van der Waals surface area contributed by atoms with E-state index in [1.807, 2.05) is 48.5 Å². The third-order valence-corrected chi connectivity index (χ3v) is 4.40.